The summed E-state index contributed by atoms with van der Waals surface area (Å²) in [6.45, 7) is 13.7. The van der Waals surface area contributed by atoms with Crippen LogP contribution in [-0.4, -0.2) is 35.3 Å². The summed E-state index contributed by atoms with van der Waals surface area (Å²) in [7, 11) is 1.84. The molecule has 0 fully saturated rings. The maximum Gasteiger partial charge on any atom is 0.227 e. The van der Waals surface area contributed by atoms with E-state index in [0.29, 0.717) is 35.7 Å². The molecule has 34 heavy (non-hydrogen) atoms. The van der Waals surface area contributed by atoms with Gasteiger partial charge in [0.1, 0.15) is 0 Å². The fourth-order valence-electron chi connectivity index (χ4n) is 3.46. The Bertz CT molecular complexity index is 1370. The van der Waals surface area contributed by atoms with Gasteiger partial charge in [0.05, 0.1) is 41.4 Å². The van der Waals surface area contributed by atoms with Gasteiger partial charge in [-0.2, -0.15) is 10.2 Å². The van der Waals surface area contributed by atoms with Crippen molar-refractivity contribution in [2.45, 2.75) is 39.2 Å². The molecule has 0 saturated carbocycles. The zero-order chi connectivity index (χ0) is 24.3. The van der Waals surface area contributed by atoms with E-state index in [1.165, 1.54) is 0 Å². The van der Waals surface area contributed by atoms with Crippen molar-refractivity contribution in [3.8, 4) is 11.3 Å². The van der Waals surface area contributed by atoms with Crippen LogP contribution in [0.1, 0.15) is 43.1 Å². The van der Waals surface area contributed by atoms with Crippen LogP contribution < -0.4 is 5.32 Å². The Hall–Kier alpha value is -4.32. The van der Waals surface area contributed by atoms with Gasteiger partial charge in [0.2, 0.25) is 5.95 Å². The lowest BCUT2D eigenvalue weighted by Crippen LogP contribution is -2.22. The van der Waals surface area contributed by atoms with Gasteiger partial charge in [-0.15, -0.1) is 0 Å². The quantitative estimate of drug-likeness (QED) is 0.314. The Morgan fingerprint density at radius 1 is 1.15 bits per heavy atom. The summed E-state index contributed by atoms with van der Waals surface area (Å²) in [5.41, 5.74) is 4.04. The summed E-state index contributed by atoms with van der Waals surface area (Å²) in [5, 5.41) is 11.5. The van der Waals surface area contributed by atoms with E-state index in [1.807, 2.05) is 46.1 Å². The summed E-state index contributed by atoms with van der Waals surface area (Å²) >= 11 is 0. The lowest BCUT2D eigenvalue weighted by atomic mass is 10.0. The maximum absolute atomic E-state index is 12.7. The molecule has 3 heterocycles. The minimum atomic E-state index is -0.181. The number of rotatable bonds is 7. The van der Waals surface area contributed by atoms with Crippen LogP contribution in [0.5, 0.6) is 0 Å². The molecule has 1 aromatic carbocycles. The smallest absolute Gasteiger partial charge is 0.227 e. The van der Waals surface area contributed by atoms with Crippen molar-refractivity contribution >= 4 is 23.1 Å². The third-order valence-corrected chi connectivity index (χ3v) is 5.33. The van der Waals surface area contributed by atoms with E-state index in [1.54, 1.807) is 46.3 Å². The van der Waals surface area contributed by atoms with Crippen LogP contribution in [0.3, 0.4) is 0 Å². The molecule has 0 atom stereocenters. The molecular formula is C25H26N8O. The molecule has 0 radical (unpaired) electrons. The van der Waals surface area contributed by atoms with Crippen molar-refractivity contribution in [1.29, 1.82) is 0 Å². The third kappa shape index (κ3) is 5.18. The van der Waals surface area contributed by atoms with Gasteiger partial charge < -0.3 is 5.32 Å². The molecule has 0 unspecified atom stereocenters. The Labute approximate surface area is 198 Å². The van der Waals surface area contributed by atoms with E-state index in [4.69, 9.17) is 6.57 Å². The highest BCUT2D eigenvalue weighted by molar-refractivity contribution is 5.95. The Morgan fingerprint density at radius 3 is 2.65 bits per heavy atom. The van der Waals surface area contributed by atoms with E-state index in [-0.39, 0.29) is 11.3 Å². The van der Waals surface area contributed by atoms with Gasteiger partial charge in [-0.3, -0.25) is 14.2 Å². The number of carbonyl (C=O) groups excluding carboxylic acids is 1. The number of aromatic nitrogens is 6. The predicted molar refractivity (Wildman–Crippen MR) is 130 cm³/mol. The van der Waals surface area contributed by atoms with Gasteiger partial charge >= 0.3 is 0 Å². The number of Topliss-reactive ketones (excluding diaryl/α,β-unsaturated/α-hetero) is 1. The summed E-state index contributed by atoms with van der Waals surface area (Å²) in [5.74, 6) is 0.456. The number of hydrogen-bond acceptors (Lipinski definition) is 6. The number of ketones is 1. The molecule has 1 N–H and O–H groups in total. The fraction of sp³-hybridized carbons (Fsp3) is 0.280. The number of aryl methyl sites for hydroxylation is 2. The molecule has 0 amide bonds. The summed E-state index contributed by atoms with van der Waals surface area (Å²) in [4.78, 5) is 25.2. The average Bonchev–Trinajstić information content (AvgIpc) is 3.47. The van der Waals surface area contributed by atoms with Crippen molar-refractivity contribution in [3.05, 3.63) is 77.8 Å². The number of nitrogens with one attached hydrogen (secondary N) is 1. The van der Waals surface area contributed by atoms with Crippen molar-refractivity contribution in [3.63, 3.8) is 0 Å². The Balaban J connectivity index is 1.48. The SMILES string of the molecule is [C-]#[N+]c1cc(-c2ccnc(Nc3cnn(C)c3)n2)ccc1CCC(=O)c1cnn(C(C)(C)C)c1. The van der Waals surface area contributed by atoms with Crippen LogP contribution in [0.2, 0.25) is 0 Å². The number of hydrogen-bond donors (Lipinski definition) is 1. The normalized spacial score (nSPS) is 11.3. The van der Waals surface area contributed by atoms with E-state index < -0.39 is 0 Å². The van der Waals surface area contributed by atoms with Crippen LogP contribution in [0.15, 0.2) is 55.2 Å². The molecule has 0 saturated heterocycles. The van der Waals surface area contributed by atoms with Crippen molar-refractivity contribution in [1.82, 2.24) is 29.5 Å². The minimum Gasteiger partial charge on any atom is -0.321 e. The summed E-state index contributed by atoms with van der Waals surface area (Å²) in [6.07, 6.45) is 9.38. The molecule has 0 aliphatic heterocycles. The lowest BCUT2D eigenvalue weighted by molar-refractivity contribution is 0.0982. The second-order valence-electron chi connectivity index (χ2n) is 9.02. The van der Waals surface area contributed by atoms with Gasteiger partial charge in [-0.05, 0) is 50.5 Å². The molecular weight excluding hydrogens is 428 g/mol. The van der Waals surface area contributed by atoms with Crippen molar-refractivity contribution in [2.24, 2.45) is 7.05 Å². The van der Waals surface area contributed by atoms with Crippen molar-refractivity contribution in [2.75, 3.05) is 5.32 Å². The summed E-state index contributed by atoms with van der Waals surface area (Å²) in [6, 6.07) is 7.42. The fourth-order valence-corrected chi connectivity index (χ4v) is 3.46. The topological polar surface area (TPSA) is 94.9 Å². The first-order valence-corrected chi connectivity index (χ1v) is 10.9. The van der Waals surface area contributed by atoms with Gasteiger partial charge in [-0.25, -0.2) is 14.8 Å². The first-order chi connectivity index (χ1) is 16.2. The maximum atomic E-state index is 12.7. The van der Waals surface area contributed by atoms with E-state index >= 15 is 0 Å². The Morgan fingerprint density at radius 2 is 1.97 bits per heavy atom. The molecule has 0 aliphatic rings. The second kappa shape index (κ2) is 9.27. The van der Waals surface area contributed by atoms with Crippen LogP contribution in [0, 0.1) is 6.57 Å². The summed E-state index contributed by atoms with van der Waals surface area (Å²) < 4.78 is 3.48. The van der Waals surface area contributed by atoms with Gasteiger partial charge in [0, 0.05) is 32.1 Å². The lowest BCUT2D eigenvalue weighted by Gasteiger charge is -2.18. The number of nitrogens with zero attached hydrogens (tertiary/aromatic N) is 7. The van der Waals surface area contributed by atoms with Crippen LogP contribution in [0.25, 0.3) is 16.1 Å². The van der Waals surface area contributed by atoms with Crippen molar-refractivity contribution < 1.29 is 4.79 Å². The van der Waals surface area contributed by atoms with Crippen LogP contribution in [-0.2, 0) is 19.0 Å². The second-order valence-corrected chi connectivity index (χ2v) is 9.02. The predicted octanol–water partition coefficient (Wildman–Crippen LogP) is 4.94. The molecule has 9 nitrogen and oxygen atoms in total. The molecule has 172 valence electrons. The largest absolute Gasteiger partial charge is 0.321 e. The zero-order valence-corrected chi connectivity index (χ0v) is 19.6. The molecule has 9 heteroatoms. The van der Waals surface area contributed by atoms with Crippen LogP contribution >= 0.6 is 0 Å². The Kier molecular flexibility index (Phi) is 6.23. The highest BCUT2D eigenvalue weighted by Gasteiger charge is 2.17. The molecule has 3 aromatic heterocycles. The standard InChI is InChI=1S/C25H26N8O/c1-25(2,3)33-15-19(13-29-33)23(34)9-8-17-6-7-18(12-22(17)26-4)21-10-11-27-24(31-21)30-20-14-28-32(5)16-20/h6-7,10-16H,8-9H2,1-3,5H3,(H,27,30,31). The molecule has 4 aromatic rings. The van der Waals surface area contributed by atoms with E-state index in [0.717, 1.165) is 16.8 Å². The third-order valence-electron chi connectivity index (χ3n) is 5.33. The van der Waals surface area contributed by atoms with Gasteiger partial charge in [0.15, 0.2) is 11.5 Å². The highest BCUT2D eigenvalue weighted by atomic mass is 16.1. The average molecular weight is 455 g/mol. The number of carbonyl (C=O) groups is 1. The molecule has 4 rings (SSSR count). The zero-order valence-electron chi connectivity index (χ0n) is 19.6. The monoisotopic (exact) mass is 454 g/mol. The van der Waals surface area contributed by atoms with Gasteiger partial charge in [0.25, 0.3) is 0 Å². The highest BCUT2D eigenvalue weighted by Crippen LogP contribution is 2.29. The number of anilines is 2. The molecule has 0 aliphatic carbocycles. The van der Waals surface area contributed by atoms with E-state index in [9.17, 15) is 4.79 Å². The first kappa shape index (κ1) is 22.9. The van der Waals surface area contributed by atoms with Crippen LogP contribution in [0.4, 0.5) is 17.3 Å². The molecule has 0 spiro atoms. The first-order valence-electron chi connectivity index (χ1n) is 10.9. The molecule has 0 bridgehead atoms. The number of benzene rings is 1. The van der Waals surface area contributed by atoms with E-state index in [2.05, 4.69) is 30.3 Å². The van der Waals surface area contributed by atoms with Gasteiger partial charge in [-0.1, -0.05) is 12.1 Å². The minimum absolute atomic E-state index is 0.0115.